The fraction of sp³-hybridized carbons (Fsp3) is 0.0769. The summed E-state index contributed by atoms with van der Waals surface area (Å²) in [5.74, 6) is 0. The summed E-state index contributed by atoms with van der Waals surface area (Å²) in [6.07, 6.45) is 1.04. The van der Waals surface area contributed by atoms with Crippen molar-refractivity contribution in [2.45, 2.75) is 13.3 Å². The maximum atomic E-state index is 2.28. The number of fused-ring (bicyclic) bond motifs is 2. The molecule has 0 bridgehead atoms. The number of hydrogen-bond acceptors (Lipinski definition) is 0. The van der Waals surface area contributed by atoms with Gasteiger partial charge in [-0.05, 0) is 57.5 Å². The maximum Gasteiger partial charge on any atom is -0.00540 e. The highest BCUT2D eigenvalue weighted by Crippen LogP contribution is 2.44. The first kappa shape index (κ1) is 15.2. The molecule has 4 aromatic carbocycles. The summed E-state index contributed by atoms with van der Waals surface area (Å²) >= 11 is 0. The lowest BCUT2D eigenvalue weighted by Crippen LogP contribution is -1.93. The third-order valence-electron chi connectivity index (χ3n) is 5.43. The molecule has 0 amide bonds. The van der Waals surface area contributed by atoms with Gasteiger partial charge in [-0.3, -0.25) is 0 Å². The van der Waals surface area contributed by atoms with Crippen molar-refractivity contribution < 1.29 is 0 Å². The minimum absolute atomic E-state index is 1.04. The predicted octanol–water partition coefficient (Wildman–Crippen LogP) is 6.88. The summed E-state index contributed by atoms with van der Waals surface area (Å²) in [4.78, 5) is 0. The summed E-state index contributed by atoms with van der Waals surface area (Å²) in [5, 5.41) is 2.61. The molecule has 124 valence electrons. The standard InChI is InChI=1S/C26H20/c1-18-17-21-13-8-16-24(26(21)25(18)20-10-3-2-4-11-20)23-15-7-12-19-9-5-6-14-22(19)23/h2-16H,17H2,1H3. The van der Waals surface area contributed by atoms with Crippen LogP contribution < -0.4 is 0 Å². The minimum Gasteiger partial charge on any atom is -0.0622 e. The van der Waals surface area contributed by atoms with Gasteiger partial charge in [0.2, 0.25) is 0 Å². The second-order valence-corrected chi connectivity index (χ2v) is 7.06. The van der Waals surface area contributed by atoms with Crippen molar-refractivity contribution in [2.24, 2.45) is 0 Å². The predicted molar refractivity (Wildman–Crippen MR) is 111 cm³/mol. The summed E-state index contributed by atoms with van der Waals surface area (Å²) in [6, 6.07) is 32.9. The first-order valence-corrected chi connectivity index (χ1v) is 9.18. The van der Waals surface area contributed by atoms with E-state index in [1.807, 2.05) is 0 Å². The van der Waals surface area contributed by atoms with Crippen LogP contribution in [0.15, 0.2) is 96.6 Å². The van der Waals surface area contributed by atoms with Crippen molar-refractivity contribution in [3.63, 3.8) is 0 Å². The summed E-state index contributed by atoms with van der Waals surface area (Å²) in [5.41, 5.74) is 9.69. The van der Waals surface area contributed by atoms with E-state index in [0.717, 1.165) is 6.42 Å². The topological polar surface area (TPSA) is 0 Å². The zero-order valence-electron chi connectivity index (χ0n) is 14.9. The van der Waals surface area contributed by atoms with Gasteiger partial charge >= 0.3 is 0 Å². The van der Waals surface area contributed by atoms with Crippen molar-refractivity contribution in [3.8, 4) is 11.1 Å². The molecule has 0 saturated carbocycles. The Morgan fingerprint density at radius 1 is 0.615 bits per heavy atom. The largest absolute Gasteiger partial charge is 0.0622 e. The van der Waals surface area contributed by atoms with E-state index < -0.39 is 0 Å². The van der Waals surface area contributed by atoms with E-state index in [1.54, 1.807) is 0 Å². The van der Waals surface area contributed by atoms with Crippen molar-refractivity contribution >= 4 is 16.3 Å². The van der Waals surface area contributed by atoms with Gasteiger partial charge in [0, 0.05) is 0 Å². The molecular formula is C26H20. The molecule has 4 aromatic rings. The Morgan fingerprint density at radius 2 is 1.31 bits per heavy atom. The van der Waals surface area contributed by atoms with Crippen LogP contribution in [0.1, 0.15) is 23.6 Å². The minimum atomic E-state index is 1.04. The molecule has 0 saturated heterocycles. The molecule has 5 rings (SSSR count). The highest BCUT2D eigenvalue weighted by atomic mass is 14.3. The molecule has 0 nitrogen and oxygen atoms in total. The smallest absolute Gasteiger partial charge is 0.00540 e. The lowest BCUT2D eigenvalue weighted by molar-refractivity contribution is 1.19. The van der Waals surface area contributed by atoms with E-state index in [1.165, 1.54) is 49.7 Å². The molecule has 0 unspecified atom stereocenters. The lowest BCUT2D eigenvalue weighted by atomic mass is 9.88. The molecule has 1 aliphatic carbocycles. The molecule has 0 aliphatic heterocycles. The van der Waals surface area contributed by atoms with Crippen LogP contribution in [-0.4, -0.2) is 0 Å². The molecule has 0 spiro atoms. The van der Waals surface area contributed by atoms with Gasteiger partial charge in [-0.15, -0.1) is 0 Å². The first-order valence-electron chi connectivity index (χ1n) is 9.18. The van der Waals surface area contributed by atoms with Gasteiger partial charge in [0.05, 0.1) is 0 Å². The second-order valence-electron chi connectivity index (χ2n) is 7.06. The van der Waals surface area contributed by atoms with Crippen LogP contribution in [0.5, 0.6) is 0 Å². The van der Waals surface area contributed by atoms with Gasteiger partial charge in [-0.2, -0.15) is 0 Å². The van der Waals surface area contributed by atoms with Crippen molar-refractivity contribution in [3.05, 3.63) is 113 Å². The number of benzene rings is 4. The van der Waals surface area contributed by atoms with Crippen LogP contribution in [0.25, 0.3) is 27.5 Å². The van der Waals surface area contributed by atoms with Gasteiger partial charge in [0.25, 0.3) is 0 Å². The summed E-state index contributed by atoms with van der Waals surface area (Å²) in [6.45, 7) is 2.27. The Kier molecular flexibility index (Phi) is 3.50. The SMILES string of the molecule is CC1=C(c2ccccc2)c2c(cccc2-c2cccc3ccccc23)C1. The number of allylic oxidation sites excluding steroid dienone is 1. The molecular weight excluding hydrogens is 312 g/mol. The van der Waals surface area contributed by atoms with Gasteiger partial charge in [-0.1, -0.05) is 96.6 Å². The maximum absolute atomic E-state index is 2.28. The first-order chi connectivity index (χ1) is 12.8. The van der Waals surface area contributed by atoms with Crippen molar-refractivity contribution in [1.82, 2.24) is 0 Å². The zero-order valence-corrected chi connectivity index (χ0v) is 14.9. The quantitative estimate of drug-likeness (QED) is 0.375. The Morgan fingerprint density at radius 3 is 2.19 bits per heavy atom. The normalized spacial score (nSPS) is 13.3. The Bertz CT molecular complexity index is 1140. The van der Waals surface area contributed by atoms with Gasteiger partial charge < -0.3 is 0 Å². The van der Waals surface area contributed by atoms with Gasteiger partial charge in [-0.25, -0.2) is 0 Å². The molecule has 0 radical (unpaired) electrons. The van der Waals surface area contributed by atoms with E-state index in [9.17, 15) is 0 Å². The molecule has 0 atom stereocenters. The highest BCUT2D eigenvalue weighted by Gasteiger charge is 2.24. The average Bonchev–Trinajstić information content (AvgIpc) is 3.04. The van der Waals surface area contributed by atoms with Gasteiger partial charge in [0.15, 0.2) is 0 Å². The lowest BCUT2D eigenvalue weighted by Gasteiger charge is -2.15. The Hall–Kier alpha value is -3.12. The Labute approximate surface area is 154 Å². The van der Waals surface area contributed by atoms with Crippen LogP contribution in [0.4, 0.5) is 0 Å². The molecule has 0 N–H and O–H groups in total. The van der Waals surface area contributed by atoms with Crippen LogP contribution in [-0.2, 0) is 6.42 Å². The average molecular weight is 332 g/mol. The third-order valence-corrected chi connectivity index (χ3v) is 5.43. The van der Waals surface area contributed by atoms with Crippen LogP contribution in [0.3, 0.4) is 0 Å². The summed E-state index contributed by atoms with van der Waals surface area (Å²) in [7, 11) is 0. The number of hydrogen-bond donors (Lipinski definition) is 0. The van der Waals surface area contributed by atoms with Crippen molar-refractivity contribution in [1.29, 1.82) is 0 Å². The molecule has 0 fully saturated rings. The van der Waals surface area contributed by atoms with E-state index >= 15 is 0 Å². The van der Waals surface area contributed by atoms with Crippen LogP contribution >= 0.6 is 0 Å². The van der Waals surface area contributed by atoms with E-state index in [0.29, 0.717) is 0 Å². The van der Waals surface area contributed by atoms with Crippen molar-refractivity contribution in [2.75, 3.05) is 0 Å². The molecule has 26 heavy (non-hydrogen) atoms. The molecule has 0 heteroatoms. The summed E-state index contributed by atoms with van der Waals surface area (Å²) < 4.78 is 0. The fourth-order valence-corrected chi connectivity index (χ4v) is 4.31. The third kappa shape index (κ3) is 2.30. The second kappa shape index (κ2) is 6.00. The molecule has 0 heterocycles. The zero-order chi connectivity index (χ0) is 17.5. The van der Waals surface area contributed by atoms with Crippen LogP contribution in [0, 0.1) is 0 Å². The van der Waals surface area contributed by atoms with E-state index in [-0.39, 0.29) is 0 Å². The monoisotopic (exact) mass is 332 g/mol. The molecule has 0 aromatic heterocycles. The van der Waals surface area contributed by atoms with E-state index in [4.69, 9.17) is 0 Å². The van der Waals surface area contributed by atoms with Gasteiger partial charge in [0.1, 0.15) is 0 Å². The van der Waals surface area contributed by atoms with E-state index in [2.05, 4.69) is 97.9 Å². The molecule has 1 aliphatic rings. The number of rotatable bonds is 2. The highest BCUT2D eigenvalue weighted by molar-refractivity contribution is 6.02. The fourth-order valence-electron chi connectivity index (χ4n) is 4.31. The van der Waals surface area contributed by atoms with Crippen LogP contribution in [0.2, 0.25) is 0 Å². The Balaban J connectivity index is 1.81.